The molecule has 0 N–H and O–H groups in total. The van der Waals surface area contributed by atoms with Crippen LogP contribution in [0, 0.1) is 5.41 Å². The van der Waals surface area contributed by atoms with Gasteiger partial charge in [-0.1, -0.05) is 27.7 Å². The van der Waals surface area contributed by atoms with Gasteiger partial charge in [-0.2, -0.15) is 0 Å². The Morgan fingerprint density at radius 3 is 1.73 bits per heavy atom. The lowest BCUT2D eigenvalue weighted by Gasteiger charge is -2.25. The second-order valence-corrected chi connectivity index (χ2v) is 5.74. The first-order valence-electron chi connectivity index (χ1n) is 4.46. The molecule has 0 saturated heterocycles. The van der Waals surface area contributed by atoms with Crippen LogP contribution in [0.5, 0.6) is 0 Å². The van der Waals surface area contributed by atoms with Crippen molar-refractivity contribution in [3.63, 3.8) is 0 Å². The van der Waals surface area contributed by atoms with Crippen molar-refractivity contribution in [2.24, 2.45) is 5.41 Å². The van der Waals surface area contributed by atoms with Gasteiger partial charge in [-0.15, -0.1) is 11.6 Å². The summed E-state index contributed by atoms with van der Waals surface area (Å²) < 4.78 is 0. The van der Waals surface area contributed by atoms with Crippen LogP contribution in [-0.2, 0) is 0 Å². The van der Waals surface area contributed by atoms with Gasteiger partial charge in [0.2, 0.25) is 0 Å². The van der Waals surface area contributed by atoms with Crippen molar-refractivity contribution in [2.75, 3.05) is 0 Å². The summed E-state index contributed by atoms with van der Waals surface area (Å²) >= 11 is 6.23. The van der Waals surface area contributed by atoms with Gasteiger partial charge in [-0.05, 0) is 31.6 Å². The molecule has 68 valence electrons. The molecule has 0 saturated carbocycles. The van der Waals surface area contributed by atoms with Crippen LogP contribution in [0.15, 0.2) is 0 Å². The van der Waals surface area contributed by atoms with Gasteiger partial charge in [0.25, 0.3) is 0 Å². The maximum absolute atomic E-state index is 6.23. The van der Waals surface area contributed by atoms with E-state index in [1.807, 2.05) is 0 Å². The van der Waals surface area contributed by atoms with Gasteiger partial charge in [-0.25, -0.2) is 0 Å². The zero-order valence-corrected chi connectivity index (χ0v) is 9.26. The zero-order chi connectivity index (χ0) is 9.12. The summed E-state index contributed by atoms with van der Waals surface area (Å²) in [6.07, 6.45) is 3.39. The van der Waals surface area contributed by atoms with Crippen LogP contribution < -0.4 is 0 Å². The Kier molecular flexibility index (Phi) is 3.90. The molecule has 0 aliphatic heterocycles. The maximum Gasteiger partial charge on any atom is 0.0416 e. The van der Waals surface area contributed by atoms with Gasteiger partial charge in [0.05, 0.1) is 0 Å². The second kappa shape index (κ2) is 3.80. The monoisotopic (exact) mass is 176 g/mol. The van der Waals surface area contributed by atoms with E-state index < -0.39 is 0 Å². The molecule has 0 radical (unpaired) electrons. The Labute approximate surface area is 76.3 Å². The molecule has 11 heavy (non-hydrogen) atoms. The average molecular weight is 177 g/mol. The first kappa shape index (κ1) is 11.3. The Morgan fingerprint density at radius 1 is 1.00 bits per heavy atom. The minimum Gasteiger partial charge on any atom is -0.120 e. The average Bonchev–Trinajstić information content (AvgIpc) is 1.83. The predicted molar refractivity (Wildman–Crippen MR) is 53.2 cm³/mol. The van der Waals surface area contributed by atoms with Crippen LogP contribution in [-0.4, -0.2) is 4.87 Å². The van der Waals surface area contributed by atoms with Crippen molar-refractivity contribution < 1.29 is 0 Å². The van der Waals surface area contributed by atoms with Crippen LogP contribution >= 0.6 is 11.6 Å². The van der Waals surface area contributed by atoms with Crippen LogP contribution in [0.25, 0.3) is 0 Å². The normalized spacial score (nSPS) is 18.0. The highest BCUT2D eigenvalue weighted by molar-refractivity contribution is 6.23. The zero-order valence-electron chi connectivity index (χ0n) is 8.50. The fourth-order valence-electron chi connectivity index (χ4n) is 0.812. The van der Waals surface area contributed by atoms with E-state index in [4.69, 9.17) is 11.6 Å². The van der Waals surface area contributed by atoms with E-state index in [0.717, 1.165) is 12.8 Å². The largest absolute Gasteiger partial charge is 0.120 e. The Hall–Kier alpha value is 0.290. The minimum atomic E-state index is 0.0211. The predicted octanol–water partition coefficient (Wildman–Crippen LogP) is 4.22. The quantitative estimate of drug-likeness (QED) is 0.565. The molecule has 0 heterocycles. The van der Waals surface area contributed by atoms with E-state index in [2.05, 4.69) is 34.6 Å². The summed E-state index contributed by atoms with van der Waals surface area (Å²) in [6, 6.07) is 0. The molecule has 0 aliphatic carbocycles. The molecule has 0 aromatic rings. The van der Waals surface area contributed by atoms with Crippen molar-refractivity contribution in [1.82, 2.24) is 0 Å². The summed E-state index contributed by atoms with van der Waals surface area (Å²) in [7, 11) is 0. The lowest BCUT2D eigenvalue weighted by Crippen LogP contribution is -2.18. The number of hydrogen-bond donors (Lipinski definition) is 0. The standard InChI is InChI=1S/C10H21Cl/c1-6-10(5,11)8-7-9(2,3)4/h6-8H2,1-5H3. The third kappa shape index (κ3) is 6.68. The van der Waals surface area contributed by atoms with E-state index >= 15 is 0 Å². The molecular weight excluding hydrogens is 156 g/mol. The second-order valence-electron chi connectivity index (χ2n) is 4.83. The molecule has 0 aromatic carbocycles. The molecule has 0 nitrogen and oxygen atoms in total. The molecule has 0 amide bonds. The lowest BCUT2D eigenvalue weighted by molar-refractivity contribution is 0.337. The number of halogens is 1. The summed E-state index contributed by atoms with van der Waals surface area (Å²) in [5.41, 5.74) is 0.422. The van der Waals surface area contributed by atoms with E-state index in [9.17, 15) is 0 Å². The molecule has 0 spiro atoms. The van der Waals surface area contributed by atoms with Crippen LogP contribution in [0.1, 0.15) is 53.9 Å². The van der Waals surface area contributed by atoms with Gasteiger partial charge in [0.1, 0.15) is 0 Å². The molecule has 0 rings (SSSR count). The molecule has 0 aromatic heterocycles. The molecular formula is C10H21Cl. The van der Waals surface area contributed by atoms with Crippen LogP contribution in [0.2, 0.25) is 0 Å². The highest BCUT2D eigenvalue weighted by Crippen LogP contribution is 2.31. The molecule has 1 heteroatoms. The van der Waals surface area contributed by atoms with E-state index in [0.29, 0.717) is 5.41 Å². The summed E-state index contributed by atoms with van der Waals surface area (Å²) in [4.78, 5) is 0.0211. The van der Waals surface area contributed by atoms with Crippen molar-refractivity contribution in [2.45, 2.75) is 58.8 Å². The highest BCUT2D eigenvalue weighted by atomic mass is 35.5. The minimum absolute atomic E-state index is 0.0211. The van der Waals surface area contributed by atoms with Crippen molar-refractivity contribution in [3.05, 3.63) is 0 Å². The van der Waals surface area contributed by atoms with Crippen LogP contribution in [0.4, 0.5) is 0 Å². The summed E-state index contributed by atoms with van der Waals surface area (Å²) in [6.45, 7) is 11.1. The van der Waals surface area contributed by atoms with E-state index in [1.165, 1.54) is 6.42 Å². The van der Waals surface area contributed by atoms with E-state index in [1.54, 1.807) is 0 Å². The fraction of sp³-hybridized carbons (Fsp3) is 1.00. The first-order valence-corrected chi connectivity index (χ1v) is 4.83. The van der Waals surface area contributed by atoms with Gasteiger partial charge in [0.15, 0.2) is 0 Å². The molecule has 1 unspecified atom stereocenters. The molecule has 1 atom stereocenters. The van der Waals surface area contributed by atoms with Crippen molar-refractivity contribution in [1.29, 1.82) is 0 Å². The summed E-state index contributed by atoms with van der Waals surface area (Å²) in [5.74, 6) is 0. The lowest BCUT2D eigenvalue weighted by atomic mass is 9.86. The van der Waals surface area contributed by atoms with Gasteiger partial charge in [-0.3, -0.25) is 0 Å². The van der Waals surface area contributed by atoms with Crippen LogP contribution in [0.3, 0.4) is 0 Å². The van der Waals surface area contributed by atoms with Gasteiger partial charge in [0, 0.05) is 4.87 Å². The number of hydrogen-bond acceptors (Lipinski definition) is 0. The smallest absolute Gasteiger partial charge is 0.0416 e. The van der Waals surface area contributed by atoms with Crippen molar-refractivity contribution in [3.8, 4) is 0 Å². The van der Waals surface area contributed by atoms with Gasteiger partial charge >= 0.3 is 0 Å². The molecule has 0 fully saturated rings. The van der Waals surface area contributed by atoms with Gasteiger partial charge < -0.3 is 0 Å². The number of rotatable bonds is 3. The fourth-order valence-corrected chi connectivity index (χ4v) is 0.907. The SMILES string of the molecule is CCC(C)(Cl)CCC(C)(C)C. The number of alkyl halides is 1. The highest BCUT2D eigenvalue weighted by Gasteiger charge is 2.21. The molecule has 0 bridgehead atoms. The Balaban J connectivity index is 3.70. The first-order chi connectivity index (χ1) is 4.77. The topological polar surface area (TPSA) is 0 Å². The Bertz CT molecular complexity index is 109. The Morgan fingerprint density at radius 2 is 1.45 bits per heavy atom. The maximum atomic E-state index is 6.23. The third-order valence-corrected chi connectivity index (χ3v) is 2.59. The summed E-state index contributed by atoms with van der Waals surface area (Å²) in [5, 5.41) is 0. The van der Waals surface area contributed by atoms with Crippen molar-refractivity contribution >= 4 is 11.6 Å². The third-order valence-electron chi connectivity index (χ3n) is 2.13. The molecule has 0 aliphatic rings. The van der Waals surface area contributed by atoms with E-state index in [-0.39, 0.29) is 4.87 Å².